The number of ketones is 1. The number of ether oxygens (including phenoxy) is 2. The quantitative estimate of drug-likeness (QED) is 0.561. The highest BCUT2D eigenvalue weighted by molar-refractivity contribution is 7.15. The molecule has 2 aliphatic carbocycles. The van der Waals surface area contributed by atoms with Crippen molar-refractivity contribution < 1.29 is 19.1 Å². The minimum Gasteiger partial charge on any atom is -0.444 e. The highest BCUT2D eigenvalue weighted by Gasteiger charge is 2.57. The third-order valence-electron chi connectivity index (χ3n) is 7.34. The molecule has 8 heteroatoms. The standard InChI is InChI=1S/C25H29ClN2O4S/c1-16-21(27-23(33-16)17-5-7-18(26)8-6-17)20-19(29)15-25(9-3-2-4-10-25)22(20)32-24(30)28-11-13-31-14-12-28/h5-8,20,22H,2-4,9-15H2,1H3. The number of carbonyl (C=O) groups is 2. The van der Waals surface area contributed by atoms with Gasteiger partial charge in [0.15, 0.2) is 0 Å². The molecule has 3 aliphatic rings. The third kappa shape index (κ3) is 4.43. The Bertz CT molecular complexity index is 1030. The molecule has 0 N–H and O–H groups in total. The lowest BCUT2D eigenvalue weighted by molar-refractivity contribution is -0.119. The minimum atomic E-state index is -0.509. The summed E-state index contributed by atoms with van der Waals surface area (Å²) in [4.78, 5) is 34.2. The molecule has 1 aromatic carbocycles. The Balaban J connectivity index is 1.48. The number of aryl methyl sites for hydroxylation is 1. The molecule has 176 valence electrons. The Kier molecular flexibility index (Phi) is 6.47. The molecule has 2 atom stereocenters. The number of benzene rings is 1. The summed E-state index contributed by atoms with van der Waals surface area (Å²) in [6.45, 7) is 4.08. The van der Waals surface area contributed by atoms with E-state index >= 15 is 0 Å². The van der Waals surface area contributed by atoms with Crippen molar-refractivity contribution in [3.05, 3.63) is 39.9 Å². The van der Waals surface area contributed by atoms with Crippen LogP contribution in [0.3, 0.4) is 0 Å². The molecule has 2 heterocycles. The van der Waals surface area contributed by atoms with E-state index in [0.717, 1.165) is 46.8 Å². The second-order valence-electron chi connectivity index (χ2n) is 9.41. The normalized spacial score (nSPS) is 24.9. The van der Waals surface area contributed by atoms with E-state index in [1.54, 1.807) is 16.2 Å². The van der Waals surface area contributed by atoms with Gasteiger partial charge in [-0.25, -0.2) is 9.78 Å². The van der Waals surface area contributed by atoms with Crippen molar-refractivity contribution in [1.29, 1.82) is 0 Å². The number of amides is 1. The van der Waals surface area contributed by atoms with E-state index in [4.69, 9.17) is 26.1 Å². The zero-order valence-corrected chi connectivity index (χ0v) is 20.4. The number of carbonyl (C=O) groups excluding carboxylic acids is 2. The number of aromatic nitrogens is 1. The van der Waals surface area contributed by atoms with Crippen molar-refractivity contribution in [2.24, 2.45) is 5.41 Å². The van der Waals surface area contributed by atoms with Gasteiger partial charge in [-0.2, -0.15) is 0 Å². The number of nitrogens with zero attached hydrogens (tertiary/aromatic N) is 2. The van der Waals surface area contributed by atoms with E-state index in [2.05, 4.69) is 0 Å². The Labute approximate surface area is 203 Å². The van der Waals surface area contributed by atoms with Crippen LogP contribution in [0.2, 0.25) is 5.02 Å². The number of hydrogen-bond acceptors (Lipinski definition) is 6. The Morgan fingerprint density at radius 2 is 1.88 bits per heavy atom. The van der Waals surface area contributed by atoms with Crippen LogP contribution in [0.4, 0.5) is 4.79 Å². The molecule has 6 nitrogen and oxygen atoms in total. The van der Waals surface area contributed by atoms with Crippen LogP contribution in [0.25, 0.3) is 10.6 Å². The lowest BCUT2D eigenvalue weighted by Crippen LogP contribution is -2.46. The highest BCUT2D eigenvalue weighted by Crippen LogP contribution is 2.55. The second kappa shape index (κ2) is 9.35. The van der Waals surface area contributed by atoms with Gasteiger partial charge in [-0.3, -0.25) is 4.79 Å². The van der Waals surface area contributed by atoms with E-state index in [1.807, 2.05) is 31.2 Å². The molecule has 2 saturated carbocycles. The molecule has 2 unspecified atom stereocenters. The summed E-state index contributed by atoms with van der Waals surface area (Å²) in [5.41, 5.74) is 1.45. The number of halogens is 1. The highest BCUT2D eigenvalue weighted by atomic mass is 35.5. The van der Waals surface area contributed by atoms with Crippen LogP contribution in [-0.4, -0.2) is 54.2 Å². The van der Waals surface area contributed by atoms with Crippen LogP contribution in [0.1, 0.15) is 55.0 Å². The maximum absolute atomic E-state index is 13.5. The van der Waals surface area contributed by atoms with Crippen molar-refractivity contribution in [2.45, 2.75) is 57.5 Å². The van der Waals surface area contributed by atoms with Crippen molar-refractivity contribution in [3.8, 4) is 10.6 Å². The summed E-state index contributed by atoms with van der Waals surface area (Å²) in [6, 6.07) is 7.58. The first kappa shape index (κ1) is 22.8. The number of hydrogen-bond donors (Lipinski definition) is 0. The third-order valence-corrected chi connectivity index (χ3v) is 8.63. The molecule has 5 rings (SSSR count). The summed E-state index contributed by atoms with van der Waals surface area (Å²) in [6.07, 6.45) is 4.80. The zero-order valence-electron chi connectivity index (χ0n) is 18.8. The van der Waals surface area contributed by atoms with Gasteiger partial charge in [-0.05, 0) is 31.9 Å². The van der Waals surface area contributed by atoms with Gasteiger partial charge < -0.3 is 14.4 Å². The van der Waals surface area contributed by atoms with E-state index in [9.17, 15) is 9.59 Å². The number of morpholine rings is 1. The second-order valence-corrected chi connectivity index (χ2v) is 11.1. The molecule has 3 fully saturated rings. The lowest BCUT2D eigenvalue weighted by Gasteiger charge is -2.40. The summed E-state index contributed by atoms with van der Waals surface area (Å²) < 4.78 is 11.6. The fourth-order valence-electron chi connectivity index (χ4n) is 5.63. The number of rotatable bonds is 3. The first-order chi connectivity index (χ1) is 16.0. The van der Waals surface area contributed by atoms with Gasteiger partial charge in [-0.15, -0.1) is 11.3 Å². The first-order valence-corrected chi connectivity index (χ1v) is 13.0. The Hall–Kier alpha value is -1.96. The molecule has 1 saturated heterocycles. The van der Waals surface area contributed by atoms with E-state index in [-0.39, 0.29) is 17.3 Å². The van der Waals surface area contributed by atoms with Crippen molar-refractivity contribution in [3.63, 3.8) is 0 Å². The molecule has 2 aromatic rings. The van der Waals surface area contributed by atoms with Gasteiger partial charge in [0.25, 0.3) is 0 Å². The smallest absolute Gasteiger partial charge is 0.410 e. The maximum atomic E-state index is 13.5. The SMILES string of the molecule is Cc1sc(-c2ccc(Cl)cc2)nc1C1C(=O)CC2(CCCCC2)C1OC(=O)N1CCOCC1. The van der Waals surface area contributed by atoms with E-state index in [1.165, 1.54) is 6.42 Å². The average Bonchev–Trinajstić information content (AvgIpc) is 3.32. The first-order valence-electron chi connectivity index (χ1n) is 11.8. The minimum absolute atomic E-state index is 0.146. The van der Waals surface area contributed by atoms with Gasteiger partial charge in [-0.1, -0.05) is 43.0 Å². The van der Waals surface area contributed by atoms with Crippen LogP contribution in [0, 0.1) is 12.3 Å². The van der Waals surface area contributed by atoms with Gasteiger partial charge in [0.2, 0.25) is 0 Å². The molecule has 1 spiro atoms. The van der Waals surface area contributed by atoms with Gasteiger partial charge in [0.1, 0.15) is 16.9 Å². The molecular formula is C25H29ClN2O4S. The largest absolute Gasteiger partial charge is 0.444 e. The summed E-state index contributed by atoms with van der Waals surface area (Å²) >= 11 is 7.62. The van der Waals surface area contributed by atoms with Crippen LogP contribution in [-0.2, 0) is 14.3 Å². The summed E-state index contributed by atoms with van der Waals surface area (Å²) in [5.74, 6) is -0.363. The monoisotopic (exact) mass is 488 g/mol. The molecule has 1 aliphatic heterocycles. The van der Waals surface area contributed by atoms with Crippen LogP contribution in [0.5, 0.6) is 0 Å². The lowest BCUT2D eigenvalue weighted by atomic mass is 9.70. The molecule has 0 radical (unpaired) electrons. The Morgan fingerprint density at radius 3 is 2.58 bits per heavy atom. The van der Waals surface area contributed by atoms with Crippen molar-refractivity contribution in [1.82, 2.24) is 9.88 Å². The predicted octanol–water partition coefficient (Wildman–Crippen LogP) is 5.62. The zero-order chi connectivity index (χ0) is 23.0. The maximum Gasteiger partial charge on any atom is 0.410 e. The average molecular weight is 489 g/mol. The molecule has 33 heavy (non-hydrogen) atoms. The number of thiazole rings is 1. The van der Waals surface area contributed by atoms with Crippen molar-refractivity contribution in [2.75, 3.05) is 26.3 Å². The predicted molar refractivity (Wildman–Crippen MR) is 128 cm³/mol. The fraction of sp³-hybridized carbons (Fsp3) is 0.560. The molecular weight excluding hydrogens is 460 g/mol. The topological polar surface area (TPSA) is 68.7 Å². The number of Topliss-reactive ketones (excluding diaryl/α,β-unsaturated/α-hetero) is 1. The van der Waals surface area contributed by atoms with Crippen LogP contribution < -0.4 is 0 Å². The van der Waals surface area contributed by atoms with Gasteiger partial charge in [0.05, 0.1) is 24.8 Å². The van der Waals surface area contributed by atoms with Gasteiger partial charge >= 0.3 is 6.09 Å². The summed E-state index contributed by atoms with van der Waals surface area (Å²) in [7, 11) is 0. The fourth-order valence-corrected chi connectivity index (χ4v) is 6.72. The summed E-state index contributed by atoms with van der Waals surface area (Å²) in [5, 5.41) is 1.53. The van der Waals surface area contributed by atoms with E-state index in [0.29, 0.717) is 37.7 Å². The van der Waals surface area contributed by atoms with E-state index < -0.39 is 12.0 Å². The molecule has 1 aromatic heterocycles. The van der Waals surface area contributed by atoms with Crippen LogP contribution in [0.15, 0.2) is 24.3 Å². The Morgan fingerprint density at radius 1 is 1.18 bits per heavy atom. The van der Waals surface area contributed by atoms with Crippen LogP contribution >= 0.6 is 22.9 Å². The molecule has 1 amide bonds. The van der Waals surface area contributed by atoms with Gasteiger partial charge in [0, 0.05) is 40.4 Å². The molecule has 0 bridgehead atoms. The van der Waals surface area contributed by atoms with Crippen molar-refractivity contribution >= 4 is 34.8 Å².